The van der Waals surface area contributed by atoms with Crippen LogP contribution in [0.15, 0.2) is 28.7 Å². The Kier molecular flexibility index (Phi) is 3.61. The van der Waals surface area contributed by atoms with Crippen LogP contribution >= 0.6 is 27.5 Å². The SMILES string of the molecule is CCC(Br)c1nnc(-c2ccccc2Cl)o1. The maximum absolute atomic E-state index is 6.04. The van der Waals surface area contributed by atoms with E-state index in [9.17, 15) is 0 Å². The largest absolute Gasteiger partial charge is 0.419 e. The second-order valence-electron chi connectivity index (χ2n) is 3.30. The van der Waals surface area contributed by atoms with Gasteiger partial charge in [-0.3, -0.25) is 0 Å². The first-order chi connectivity index (χ1) is 7.72. The lowest BCUT2D eigenvalue weighted by Crippen LogP contribution is -1.86. The van der Waals surface area contributed by atoms with Crippen molar-refractivity contribution in [3.05, 3.63) is 35.2 Å². The highest BCUT2D eigenvalue weighted by molar-refractivity contribution is 9.09. The van der Waals surface area contributed by atoms with E-state index in [0.717, 1.165) is 12.0 Å². The molecule has 0 amide bonds. The predicted octanol–water partition coefficient (Wildman–Crippen LogP) is 4.24. The van der Waals surface area contributed by atoms with E-state index in [1.165, 1.54) is 0 Å². The Morgan fingerprint density at radius 1 is 1.38 bits per heavy atom. The molecule has 0 bridgehead atoms. The average molecular weight is 302 g/mol. The molecule has 0 saturated heterocycles. The fourth-order valence-corrected chi connectivity index (χ4v) is 1.68. The summed E-state index contributed by atoms with van der Waals surface area (Å²) in [4.78, 5) is 0.0937. The first-order valence-electron chi connectivity index (χ1n) is 4.94. The molecule has 16 heavy (non-hydrogen) atoms. The van der Waals surface area contributed by atoms with E-state index in [2.05, 4.69) is 26.1 Å². The van der Waals surface area contributed by atoms with Gasteiger partial charge in [-0.25, -0.2) is 0 Å². The number of benzene rings is 1. The van der Waals surface area contributed by atoms with E-state index < -0.39 is 0 Å². The van der Waals surface area contributed by atoms with Crippen molar-refractivity contribution in [2.45, 2.75) is 18.2 Å². The number of rotatable bonds is 3. The van der Waals surface area contributed by atoms with Crippen molar-refractivity contribution in [3.8, 4) is 11.5 Å². The van der Waals surface area contributed by atoms with Crippen LogP contribution in [-0.4, -0.2) is 10.2 Å². The predicted molar refractivity (Wildman–Crippen MR) is 66.7 cm³/mol. The van der Waals surface area contributed by atoms with Crippen LogP contribution < -0.4 is 0 Å². The van der Waals surface area contributed by atoms with Crippen LogP contribution in [0.5, 0.6) is 0 Å². The molecule has 84 valence electrons. The first-order valence-corrected chi connectivity index (χ1v) is 6.24. The Morgan fingerprint density at radius 3 is 2.81 bits per heavy atom. The molecule has 0 saturated carbocycles. The van der Waals surface area contributed by atoms with E-state index in [1.54, 1.807) is 6.07 Å². The van der Waals surface area contributed by atoms with Gasteiger partial charge in [-0.15, -0.1) is 10.2 Å². The maximum atomic E-state index is 6.04. The van der Waals surface area contributed by atoms with Crippen molar-refractivity contribution < 1.29 is 4.42 Å². The molecule has 1 atom stereocenters. The summed E-state index contributed by atoms with van der Waals surface area (Å²) in [6.45, 7) is 2.04. The Morgan fingerprint density at radius 2 is 2.12 bits per heavy atom. The molecule has 0 spiro atoms. The van der Waals surface area contributed by atoms with E-state index in [-0.39, 0.29) is 4.83 Å². The smallest absolute Gasteiger partial charge is 0.249 e. The molecular formula is C11H10BrClN2O. The number of aromatic nitrogens is 2. The second kappa shape index (κ2) is 4.97. The molecule has 0 N–H and O–H groups in total. The van der Waals surface area contributed by atoms with Gasteiger partial charge in [-0.2, -0.15) is 0 Å². The van der Waals surface area contributed by atoms with E-state index >= 15 is 0 Å². The van der Waals surface area contributed by atoms with Crippen LogP contribution in [-0.2, 0) is 0 Å². The van der Waals surface area contributed by atoms with Gasteiger partial charge in [0.25, 0.3) is 0 Å². The van der Waals surface area contributed by atoms with Crippen LogP contribution in [0.2, 0.25) is 5.02 Å². The molecule has 2 aromatic rings. The minimum absolute atomic E-state index is 0.0937. The molecule has 2 rings (SSSR count). The molecule has 1 unspecified atom stereocenters. The lowest BCUT2D eigenvalue weighted by atomic mass is 10.2. The first kappa shape index (κ1) is 11.6. The molecule has 0 radical (unpaired) electrons. The van der Waals surface area contributed by atoms with Gasteiger partial charge in [0.05, 0.1) is 15.4 Å². The summed E-state index contributed by atoms with van der Waals surface area (Å²) in [6, 6.07) is 7.40. The summed E-state index contributed by atoms with van der Waals surface area (Å²) in [5.41, 5.74) is 0.763. The van der Waals surface area contributed by atoms with Crippen molar-refractivity contribution in [1.82, 2.24) is 10.2 Å². The van der Waals surface area contributed by atoms with Crippen LogP contribution in [0.1, 0.15) is 24.1 Å². The quantitative estimate of drug-likeness (QED) is 0.796. The fraction of sp³-hybridized carbons (Fsp3) is 0.273. The maximum Gasteiger partial charge on any atom is 0.249 e. The average Bonchev–Trinajstić information content (AvgIpc) is 2.78. The molecule has 0 aliphatic carbocycles. The highest BCUT2D eigenvalue weighted by atomic mass is 79.9. The normalized spacial score (nSPS) is 12.7. The highest BCUT2D eigenvalue weighted by Gasteiger charge is 2.15. The number of nitrogens with zero attached hydrogens (tertiary/aromatic N) is 2. The third kappa shape index (κ3) is 2.28. The zero-order valence-corrected chi connectivity index (χ0v) is 11.0. The Balaban J connectivity index is 2.35. The number of hydrogen-bond acceptors (Lipinski definition) is 3. The summed E-state index contributed by atoms with van der Waals surface area (Å²) in [7, 11) is 0. The molecule has 3 nitrogen and oxygen atoms in total. The van der Waals surface area contributed by atoms with Crippen LogP contribution in [0.4, 0.5) is 0 Å². The Bertz CT molecular complexity index is 486. The Hall–Kier alpha value is -0.870. The lowest BCUT2D eigenvalue weighted by molar-refractivity contribution is 0.500. The summed E-state index contributed by atoms with van der Waals surface area (Å²) < 4.78 is 5.55. The minimum Gasteiger partial charge on any atom is -0.419 e. The van der Waals surface area contributed by atoms with Crippen molar-refractivity contribution in [2.24, 2.45) is 0 Å². The summed E-state index contributed by atoms with van der Waals surface area (Å²) in [5.74, 6) is 1.04. The topological polar surface area (TPSA) is 38.9 Å². The van der Waals surface area contributed by atoms with Gasteiger partial charge < -0.3 is 4.42 Å². The highest BCUT2D eigenvalue weighted by Crippen LogP contribution is 2.30. The zero-order chi connectivity index (χ0) is 11.5. The van der Waals surface area contributed by atoms with Crippen LogP contribution in [0.3, 0.4) is 0 Å². The van der Waals surface area contributed by atoms with Crippen molar-refractivity contribution >= 4 is 27.5 Å². The van der Waals surface area contributed by atoms with Gasteiger partial charge >= 0.3 is 0 Å². The van der Waals surface area contributed by atoms with Crippen molar-refractivity contribution in [2.75, 3.05) is 0 Å². The fourth-order valence-electron chi connectivity index (χ4n) is 1.28. The standard InChI is InChI=1S/C11H10BrClN2O/c1-2-8(12)11-15-14-10(16-11)7-5-3-4-6-9(7)13/h3-6,8H,2H2,1H3. The van der Waals surface area contributed by atoms with E-state index in [1.807, 2.05) is 25.1 Å². The van der Waals surface area contributed by atoms with Gasteiger partial charge in [-0.05, 0) is 18.6 Å². The molecule has 5 heteroatoms. The minimum atomic E-state index is 0.0937. The van der Waals surface area contributed by atoms with Gasteiger partial charge in [0, 0.05) is 0 Å². The third-order valence-electron chi connectivity index (χ3n) is 2.17. The molecule has 1 aromatic carbocycles. The van der Waals surface area contributed by atoms with Crippen LogP contribution in [0.25, 0.3) is 11.5 Å². The molecule has 1 heterocycles. The van der Waals surface area contributed by atoms with Crippen molar-refractivity contribution in [1.29, 1.82) is 0 Å². The van der Waals surface area contributed by atoms with Gasteiger partial charge in [0.15, 0.2) is 0 Å². The third-order valence-corrected chi connectivity index (χ3v) is 3.54. The zero-order valence-electron chi connectivity index (χ0n) is 8.65. The van der Waals surface area contributed by atoms with Gasteiger partial charge in [-0.1, -0.05) is 46.6 Å². The second-order valence-corrected chi connectivity index (χ2v) is 4.81. The Labute approximate surface area is 107 Å². The summed E-state index contributed by atoms with van der Waals surface area (Å²) in [6.07, 6.45) is 0.893. The van der Waals surface area contributed by atoms with Gasteiger partial charge in [0.1, 0.15) is 0 Å². The monoisotopic (exact) mass is 300 g/mol. The molecule has 1 aromatic heterocycles. The summed E-state index contributed by atoms with van der Waals surface area (Å²) in [5, 5.41) is 8.58. The van der Waals surface area contributed by atoms with E-state index in [0.29, 0.717) is 16.8 Å². The van der Waals surface area contributed by atoms with Crippen molar-refractivity contribution in [3.63, 3.8) is 0 Å². The van der Waals surface area contributed by atoms with Gasteiger partial charge in [0.2, 0.25) is 11.8 Å². The number of alkyl halides is 1. The summed E-state index contributed by atoms with van der Waals surface area (Å²) >= 11 is 9.50. The molecule has 0 aliphatic rings. The molecule has 0 fully saturated rings. The molecule has 0 aliphatic heterocycles. The molecular weight excluding hydrogens is 291 g/mol. The number of halogens is 2. The van der Waals surface area contributed by atoms with E-state index in [4.69, 9.17) is 16.0 Å². The van der Waals surface area contributed by atoms with Crippen LogP contribution in [0, 0.1) is 0 Å². The lowest BCUT2D eigenvalue weighted by Gasteiger charge is -1.99. The number of hydrogen-bond donors (Lipinski definition) is 0.